The van der Waals surface area contributed by atoms with Gasteiger partial charge in [-0.25, -0.2) is 0 Å². The maximum atomic E-state index is 12.0. The van der Waals surface area contributed by atoms with Gasteiger partial charge in [-0.3, -0.25) is 14.4 Å². The van der Waals surface area contributed by atoms with E-state index in [1.165, 1.54) is 48.5 Å². The second-order valence-electron chi connectivity index (χ2n) is 6.96. The van der Waals surface area contributed by atoms with Crippen LogP contribution >= 0.6 is 0 Å². The lowest BCUT2D eigenvalue weighted by atomic mass is 9.92. The summed E-state index contributed by atoms with van der Waals surface area (Å²) in [7, 11) is 0. The van der Waals surface area contributed by atoms with Crippen molar-refractivity contribution in [1.29, 1.82) is 0 Å². The van der Waals surface area contributed by atoms with E-state index in [4.69, 9.17) is 10.2 Å². The molecule has 0 aliphatic rings. The van der Waals surface area contributed by atoms with Gasteiger partial charge in [-0.05, 0) is 42.0 Å². The molecule has 0 atom stereocenters. The number of carboxylic acids is 2. The molecule has 0 unspecified atom stereocenters. The summed E-state index contributed by atoms with van der Waals surface area (Å²) >= 11 is 0. The van der Waals surface area contributed by atoms with Crippen molar-refractivity contribution in [2.24, 2.45) is 0 Å². The third-order valence-corrected chi connectivity index (χ3v) is 4.01. The largest absolute Gasteiger partial charge is 0.484 e. The topological polar surface area (TPSA) is 110 Å². The number of halogens is 6. The molecule has 0 spiro atoms. The van der Waals surface area contributed by atoms with E-state index in [1.54, 1.807) is 0 Å². The molecule has 0 radical (unpaired) electrons. The molecule has 0 fully saturated rings. The Morgan fingerprint density at radius 3 is 1.43 bits per heavy atom. The predicted molar refractivity (Wildman–Crippen MR) is 109 cm³/mol. The van der Waals surface area contributed by atoms with Crippen LogP contribution in [0.4, 0.5) is 26.3 Å². The summed E-state index contributed by atoms with van der Waals surface area (Å²) < 4.78 is 80.0. The van der Waals surface area contributed by atoms with Gasteiger partial charge in [0.2, 0.25) is 0 Å². The molecule has 0 bridgehead atoms. The van der Waals surface area contributed by atoms with E-state index >= 15 is 0 Å². The Morgan fingerprint density at radius 1 is 0.743 bits per heavy atom. The quantitative estimate of drug-likeness (QED) is 0.338. The van der Waals surface area contributed by atoms with E-state index in [0.717, 1.165) is 0 Å². The number of benzene rings is 2. The maximum absolute atomic E-state index is 12.0. The first-order valence-electron chi connectivity index (χ1n) is 9.66. The summed E-state index contributed by atoms with van der Waals surface area (Å²) in [5, 5.41) is 17.5. The highest BCUT2D eigenvalue weighted by Crippen LogP contribution is 2.26. The molecule has 0 saturated heterocycles. The van der Waals surface area contributed by atoms with Gasteiger partial charge >= 0.3 is 24.3 Å². The number of hydrogen-bond donors (Lipinski definition) is 2. The van der Waals surface area contributed by atoms with Crippen LogP contribution in [0.2, 0.25) is 0 Å². The smallest absolute Gasteiger partial charge is 0.422 e. The van der Waals surface area contributed by atoms with Crippen LogP contribution < -0.4 is 9.47 Å². The van der Waals surface area contributed by atoms with Gasteiger partial charge < -0.3 is 19.7 Å². The van der Waals surface area contributed by atoms with Crippen LogP contribution in [-0.4, -0.2) is 54.0 Å². The van der Waals surface area contributed by atoms with Crippen LogP contribution in [0.15, 0.2) is 48.5 Å². The highest BCUT2D eigenvalue weighted by molar-refractivity contribution is 5.74. The van der Waals surface area contributed by atoms with Crippen LogP contribution in [0.25, 0.3) is 0 Å². The van der Waals surface area contributed by atoms with Crippen molar-refractivity contribution in [3.8, 4) is 11.5 Å². The molecule has 0 amide bonds. The van der Waals surface area contributed by atoms with Crippen molar-refractivity contribution in [2.75, 3.05) is 13.2 Å². The molecule has 13 heteroatoms. The van der Waals surface area contributed by atoms with Crippen molar-refractivity contribution in [2.45, 2.75) is 31.1 Å². The summed E-state index contributed by atoms with van der Waals surface area (Å²) in [4.78, 5) is 31.6. The molecule has 0 aromatic heterocycles. The van der Waals surface area contributed by atoms with Crippen LogP contribution in [0.5, 0.6) is 11.5 Å². The van der Waals surface area contributed by atoms with E-state index in [0.29, 0.717) is 17.4 Å². The number of alkyl halides is 6. The van der Waals surface area contributed by atoms with E-state index in [2.05, 4.69) is 9.47 Å². The molecule has 2 rings (SSSR count). The van der Waals surface area contributed by atoms with E-state index in [9.17, 15) is 40.7 Å². The average Bonchev–Trinajstić information content (AvgIpc) is 2.75. The Morgan fingerprint density at radius 2 is 1.11 bits per heavy atom. The lowest BCUT2D eigenvalue weighted by Crippen LogP contribution is -2.19. The van der Waals surface area contributed by atoms with Crippen LogP contribution in [0.1, 0.15) is 34.7 Å². The van der Waals surface area contributed by atoms with Gasteiger partial charge in [-0.2, -0.15) is 26.3 Å². The molecule has 7 nitrogen and oxygen atoms in total. The van der Waals surface area contributed by atoms with Gasteiger partial charge in [0.05, 0.1) is 12.8 Å². The number of rotatable bonds is 10. The fourth-order valence-corrected chi connectivity index (χ4v) is 2.54. The molecule has 2 aromatic carbocycles. The number of carboxylic acid groups (broad SMARTS) is 2. The summed E-state index contributed by atoms with van der Waals surface area (Å²) in [5.41, 5.74) is 0.809. The van der Waals surface area contributed by atoms with Gasteiger partial charge in [0.1, 0.15) is 17.8 Å². The van der Waals surface area contributed by atoms with E-state index < -0.39 is 43.4 Å². The fourth-order valence-electron chi connectivity index (χ4n) is 2.54. The molecule has 2 aromatic rings. The molecular weight excluding hydrogens is 490 g/mol. The van der Waals surface area contributed by atoms with Crippen molar-refractivity contribution < 1.29 is 60.4 Å². The van der Waals surface area contributed by atoms with Crippen LogP contribution in [0.3, 0.4) is 0 Å². The Bertz CT molecular complexity index is 938. The lowest BCUT2D eigenvalue weighted by molar-refractivity contribution is -0.154. The Hall–Kier alpha value is -3.77. The van der Waals surface area contributed by atoms with Crippen molar-refractivity contribution in [3.63, 3.8) is 0 Å². The molecule has 0 heterocycles. The zero-order chi connectivity index (χ0) is 26.6. The summed E-state index contributed by atoms with van der Waals surface area (Å²) in [5.74, 6) is -3.00. The second kappa shape index (κ2) is 13.2. The lowest BCUT2D eigenvalue weighted by Gasteiger charge is -2.14. The second-order valence-corrected chi connectivity index (χ2v) is 6.96. The van der Waals surface area contributed by atoms with Gasteiger partial charge in [0, 0.05) is 11.5 Å². The van der Waals surface area contributed by atoms with Crippen molar-refractivity contribution >= 4 is 18.2 Å². The predicted octanol–water partition coefficient (Wildman–Crippen LogP) is 5.10. The molecule has 2 N–H and O–H groups in total. The molecule has 0 saturated carbocycles. The van der Waals surface area contributed by atoms with E-state index in [-0.39, 0.29) is 24.3 Å². The minimum atomic E-state index is -4.45. The summed E-state index contributed by atoms with van der Waals surface area (Å²) in [6, 6.07) is 10.6. The highest BCUT2D eigenvalue weighted by atomic mass is 19.4. The third kappa shape index (κ3) is 13.5. The number of aliphatic carboxylic acids is 2. The van der Waals surface area contributed by atoms with Crippen LogP contribution in [-0.2, 0) is 9.59 Å². The number of carbonyl (C=O) groups is 3. The standard InChI is InChI=1S/C13H13F3O5.C9H7F3O2/c14-13(15,16)7-21-10-3-1-8(2-4-10)9(5-11(17)18)6-12(19)20;10-9(11,12)6-14-8-3-1-7(5-13)2-4-8/h1-4,9H,5-7H2,(H,17,18)(H,19,20);1-5H,6H2. The Labute approximate surface area is 194 Å². The summed E-state index contributed by atoms with van der Waals surface area (Å²) in [6.45, 7) is -2.76. The molecule has 192 valence electrons. The van der Waals surface area contributed by atoms with Gasteiger partial charge in [-0.1, -0.05) is 12.1 Å². The first-order valence-corrected chi connectivity index (χ1v) is 9.66. The van der Waals surface area contributed by atoms with Gasteiger partial charge in [-0.15, -0.1) is 0 Å². The van der Waals surface area contributed by atoms with Crippen molar-refractivity contribution in [1.82, 2.24) is 0 Å². The zero-order valence-corrected chi connectivity index (χ0v) is 17.8. The van der Waals surface area contributed by atoms with Gasteiger partial charge in [0.25, 0.3) is 0 Å². The minimum Gasteiger partial charge on any atom is -0.484 e. The number of hydrogen-bond acceptors (Lipinski definition) is 5. The number of aldehydes is 1. The molecular formula is C22H20F6O7. The van der Waals surface area contributed by atoms with Crippen molar-refractivity contribution in [3.05, 3.63) is 59.7 Å². The maximum Gasteiger partial charge on any atom is 0.422 e. The molecule has 0 aliphatic heterocycles. The number of ether oxygens (including phenoxy) is 2. The fraction of sp³-hybridized carbons (Fsp3) is 0.318. The summed E-state index contributed by atoms with van der Waals surface area (Å²) in [6.07, 6.45) is -8.95. The molecule has 35 heavy (non-hydrogen) atoms. The first-order chi connectivity index (χ1) is 16.2. The average molecular weight is 510 g/mol. The minimum absolute atomic E-state index is 0.0273. The molecule has 0 aliphatic carbocycles. The monoisotopic (exact) mass is 510 g/mol. The third-order valence-electron chi connectivity index (χ3n) is 4.01. The number of carbonyl (C=O) groups excluding carboxylic acids is 1. The first kappa shape index (κ1) is 29.3. The van der Waals surface area contributed by atoms with Gasteiger partial charge in [0.15, 0.2) is 13.2 Å². The Balaban J connectivity index is 0.000000379. The normalized spacial score (nSPS) is 11.3. The SMILES string of the molecule is O=C(O)CC(CC(=O)O)c1ccc(OCC(F)(F)F)cc1.O=Cc1ccc(OCC(F)(F)F)cc1. The Kier molecular flexibility index (Phi) is 11.0. The zero-order valence-electron chi connectivity index (χ0n) is 17.8. The van der Waals surface area contributed by atoms with Crippen LogP contribution in [0, 0.1) is 0 Å². The van der Waals surface area contributed by atoms with E-state index in [1.807, 2.05) is 0 Å². The highest BCUT2D eigenvalue weighted by Gasteiger charge is 2.29.